The first-order valence-corrected chi connectivity index (χ1v) is 6.20. The molecule has 1 rings (SSSR count). The summed E-state index contributed by atoms with van der Waals surface area (Å²) in [5.41, 5.74) is -0.0406. The molecule has 16 heavy (non-hydrogen) atoms. The Labute approximate surface area is 98.7 Å². The second-order valence-electron chi connectivity index (χ2n) is 3.31. The molecule has 6 heteroatoms. The fraction of sp³-hybridized carbons (Fsp3) is 0.500. The Kier molecular flexibility index (Phi) is 5.04. The van der Waals surface area contributed by atoms with Crippen molar-refractivity contribution in [3.8, 4) is 0 Å². The predicted octanol–water partition coefficient (Wildman–Crippen LogP) is 1.73. The topological polar surface area (TPSA) is 75.1 Å². The predicted molar refractivity (Wildman–Crippen MR) is 65.1 cm³/mol. The number of carboxylic acid groups (broad SMARTS) is 1. The van der Waals surface area contributed by atoms with E-state index in [1.807, 2.05) is 11.8 Å². The third-order valence-electron chi connectivity index (χ3n) is 1.85. The molecule has 0 aliphatic rings. The third kappa shape index (κ3) is 4.06. The van der Waals surface area contributed by atoms with Crippen LogP contribution in [0.5, 0.6) is 0 Å². The van der Waals surface area contributed by atoms with Crippen molar-refractivity contribution in [3.63, 3.8) is 0 Å². The number of rotatable bonds is 6. The van der Waals surface area contributed by atoms with E-state index < -0.39 is 5.97 Å². The van der Waals surface area contributed by atoms with E-state index in [1.54, 1.807) is 6.07 Å². The summed E-state index contributed by atoms with van der Waals surface area (Å²) in [6, 6.07) is 3.36. The summed E-state index contributed by atoms with van der Waals surface area (Å²) in [5.74, 6) is 1.61. The van der Waals surface area contributed by atoms with Gasteiger partial charge in [-0.15, -0.1) is 10.2 Å². The van der Waals surface area contributed by atoms with Gasteiger partial charge in [0, 0.05) is 11.8 Å². The van der Waals surface area contributed by atoms with Gasteiger partial charge in [-0.25, -0.2) is 4.79 Å². The van der Waals surface area contributed by atoms with Crippen molar-refractivity contribution < 1.29 is 9.90 Å². The number of carboxylic acids is 1. The molecule has 5 nitrogen and oxygen atoms in total. The maximum Gasteiger partial charge on any atom is 0.356 e. The number of nitrogens with one attached hydrogen (secondary N) is 1. The van der Waals surface area contributed by atoms with Gasteiger partial charge in [-0.3, -0.25) is 0 Å². The summed E-state index contributed by atoms with van der Waals surface area (Å²) >= 11 is 1.84. The lowest BCUT2D eigenvalue weighted by molar-refractivity contribution is 0.0689. The maximum absolute atomic E-state index is 10.5. The van der Waals surface area contributed by atoms with E-state index in [4.69, 9.17) is 5.11 Å². The zero-order valence-corrected chi connectivity index (χ0v) is 10.1. The molecule has 0 radical (unpaired) electrons. The van der Waals surface area contributed by atoms with Gasteiger partial charge in [0.25, 0.3) is 0 Å². The molecule has 1 aromatic heterocycles. The van der Waals surface area contributed by atoms with Gasteiger partial charge in [0.05, 0.1) is 0 Å². The summed E-state index contributed by atoms with van der Waals surface area (Å²) in [4.78, 5) is 10.5. The Morgan fingerprint density at radius 1 is 1.56 bits per heavy atom. The highest BCUT2D eigenvalue weighted by molar-refractivity contribution is 7.99. The summed E-state index contributed by atoms with van der Waals surface area (Å²) in [7, 11) is 0. The molecule has 0 aromatic carbocycles. The van der Waals surface area contributed by atoms with Gasteiger partial charge in [0.1, 0.15) is 5.82 Å². The van der Waals surface area contributed by atoms with E-state index in [2.05, 4.69) is 29.4 Å². The molecule has 0 aliphatic heterocycles. The molecular formula is C10H15N3O2S. The Morgan fingerprint density at radius 3 is 2.81 bits per heavy atom. The van der Waals surface area contributed by atoms with E-state index in [-0.39, 0.29) is 11.7 Å². The first-order chi connectivity index (χ1) is 7.63. The Balaban J connectivity index is 2.51. The highest BCUT2D eigenvalue weighted by Gasteiger charge is 2.06. The molecule has 0 saturated heterocycles. The lowest BCUT2D eigenvalue weighted by Crippen LogP contribution is -2.19. The van der Waals surface area contributed by atoms with Crippen molar-refractivity contribution in [3.05, 3.63) is 17.8 Å². The van der Waals surface area contributed by atoms with Crippen LogP contribution in [-0.4, -0.2) is 38.8 Å². The molecule has 0 aliphatic carbocycles. The van der Waals surface area contributed by atoms with Crippen LogP contribution >= 0.6 is 11.8 Å². The van der Waals surface area contributed by atoms with Crippen molar-refractivity contribution in [2.75, 3.05) is 16.8 Å². The fourth-order valence-corrected chi connectivity index (χ4v) is 1.78. The molecule has 0 bridgehead atoms. The van der Waals surface area contributed by atoms with Gasteiger partial charge in [0.15, 0.2) is 5.69 Å². The summed E-state index contributed by atoms with van der Waals surface area (Å²) < 4.78 is 0. The largest absolute Gasteiger partial charge is 0.476 e. The van der Waals surface area contributed by atoms with Crippen molar-refractivity contribution in [1.82, 2.24) is 10.2 Å². The number of thioether (sulfide) groups is 1. The average Bonchev–Trinajstić information content (AvgIpc) is 2.27. The zero-order chi connectivity index (χ0) is 12.0. The lowest BCUT2D eigenvalue weighted by Gasteiger charge is -2.12. The molecule has 0 amide bonds. The fourth-order valence-electron chi connectivity index (χ4n) is 1.11. The van der Waals surface area contributed by atoms with Gasteiger partial charge in [0.2, 0.25) is 0 Å². The number of aromatic carboxylic acids is 1. The standard InChI is InChI=1S/C10H15N3O2S/c1-3-16-6-7(2)11-9-5-4-8(10(14)15)12-13-9/h4-5,7H,3,6H2,1-2H3,(H,11,13)(H,14,15). The number of nitrogens with zero attached hydrogens (tertiary/aromatic N) is 2. The Bertz CT molecular complexity index is 342. The van der Waals surface area contributed by atoms with Crippen LogP contribution in [0.15, 0.2) is 12.1 Å². The van der Waals surface area contributed by atoms with Gasteiger partial charge in [-0.1, -0.05) is 6.92 Å². The number of hydrogen-bond donors (Lipinski definition) is 2. The van der Waals surface area contributed by atoms with Crippen LogP contribution in [0.1, 0.15) is 24.3 Å². The summed E-state index contributed by atoms with van der Waals surface area (Å²) in [5, 5.41) is 19.2. The second-order valence-corrected chi connectivity index (χ2v) is 4.63. The number of hydrogen-bond acceptors (Lipinski definition) is 5. The van der Waals surface area contributed by atoms with Crippen LogP contribution in [-0.2, 0) is 0 Å². The number of anilines is 1. The maximum atomic E-state index is 10.5. The monoisotopic (exact) mass is 241 g/mol. The van der Waals surface area contributed by atoms with Crippen LogP contribution < -0.4 is 5.32 Å². The molecule has 0 spiro atoms. The smallest absolute Gasteiger partial charge is 0.356 e. The molecule has 0 saturated carbocycles. The zero-order valence-electron chi connectivity index (χ0n) is 9.30. The summed E-state index contributed by atoms with van der Waals surface area (Å²) in [6.45, 7) is 4.16. The highest BCUT2D eigenvalue weighted by atomic mass is 32.2. The molecule has 2 N–H and O–H groups in total. The van der Waals surface area contributed by atoms with Crippen LogP contribution in [0.3, 0.4) is 0 Å². The van der Waals surface area contributed by atoms with Gasteiger partial charge in [-0.05, 0) is 24.8 Å². The lowest BCUT2D eigenvalue weighted by atomic mass is 10.3. The van der Waals surface area contributed by atoms with E-state index in [9.17, 15) is 4.79 Å². The molecule has 1 aromatic rings. The quantitative estimate of drug-likeness (QED) is 0.790. The minimum absolute atomic E-state index is 0.0406. The number of carbonyl (C=O) groups is 1. The minimum atomic E-state index is -1.06. The van der Waals surface area contributed by atoms with Gasteiger partial charge in [-0.2, -0.15) is 11.8 Å². The first-order valence-electron chi connectivity index (χ1n) is 5.04. The van der Waals surface area contributed by atoms with Gasteiger partial charge < -0.3 is 10.4 Å². The Hall–Kier alpha value is -1.30. The van der Waals surface area contributed by atoms with Crippen LogP contribution in [0.2, 0.25) is 0 Å². The normalized spacial score (nSPS) is 12.1. The second kappa shape index (κ2) is 6.32. The Morgan fingerprint density at radius 2 is 2.31 bits per heavy atom. The first kappa shape index (κ1) is 12.8. The van der Waals surface area contributed by atoms with Crippen LogP contribution in [0, 0.1) is 0 Å². The highest BCUT2D eigenvalue weighted by Crippen LogP contribution is 2.08. The molecule has 88 valence electrons. The molecule has 1 atom stereocenters. The third-order valence-corrected chi connectivity index (χ3v) is 2.99. The number of aromatic nitrogens is 2. The van der Waals surface area contributed by atoms with Crippen molar-refractivity contribution in [2.24, 2.45) is 0 Å². The van der Waals surface area contributed by atoms with Crippen molar-refractivity contribution in [2.45, 2.75) is 19.9 Å². The van der Waals surface area contributed by atoms with Gasteiger partial charge >= 0.3 is 5.97 Å². The molecule has 0 fully saturated rings. The SMILES string of the molecule is CCSCC(C)Nc1ccc(C(=O)O)nn1. The van der Waals surface area contributed by atoms with Crippen molar-refractivity contribution >= 4 is 23.5 Å². The van der Waals surface area contributed by atoms with E-state index in [0.717, 1.165) is 11.5 Å². The molecular weight excluding hydrogens is 226 g/mol. The average molecular weight is 241 g/mol. The van der Waals surface area contributed by atoms with E-state index in [0.29, 0.717) is 5.82 Å². The van der Waals surface area contributed by atoms with Crippen LogP contribution in [0.4, 0.5) is 5.82 Å². The minimum Gasteiger partial charge on any atom is -0.476 e. The summed E-state index contributed by atoms with van der Waals surface area (Å²) in [6.07, 6.45) is 0. The van der Waals surface area contributed by atoms with Crippen LogP contribution in [0.25, 0.3) is 0 Å². The van der Waals surface area contributed by atoms with E-state index in [1.165, 1.54) is 6.07 Å². The van der Waals surface area contributed by atoms with Crippen molar-refractivity contribution in [1.29, 1.82) is 0 Å². The molecule has 1 heterocycles. The van der Waals surface area contributed by atoms with E-state index >= 15 is 0 Å². The molecule has 1 unspecified atom stereocenters.